The largest absolute Gasteiger partial charge is 0.480 e. The fraction of sp³-hybridized carbons (Fsp3) is 0.556. The molecule has 0 saturated carbocycles. The van der Waals surface area contributed by atoms with Gasteiger partial charge in [0.15, 0.2) is 0 Å². The van der Waals surface area contributed by atoms with Gasteiger partial charge in [-0.2, -0.15) is 0 Å². The van der Waals surface area contributed by atoms with Gasteiger partial charge in [-0.05, 0) is 13.8 Å². The average Bonchev–Trinajstić information content (AvgIpc) is 2.61. The average molecular weight is 196 g/mol. The van der Waals surface area contributed by atoms with E-state index < -0.39 is 11.5 Å². The molecule has 0 fully saturated rings. The lowest BCUT2D eigenvalue weighted by Gasteiger charge is -2.22. The lowest BCUT2D eigenvalue weighted by atomic mass is 10.1. The molecule has 0 aromatic carbocycles. The van der Waals surface area contributed by atoms with Crippen molar-refractivity contribution in [2.24, 2.45) is 0 Å². The number of carbonyl (C=O) groups is 1. The van der Waals surface area contributed by atoms with Gasteiger partial charge in [-0.25, -0.2) is 9.78 Å². The van der Waals surface area contributed by atoms with E-state index in [-0.39, 0.29) is 0 Å². The maximum Gasteiger partial charge on any atom is 0.329 e. The van der Waals surface area contributed by atoms with Crippen molar-refractivity contribution in [3.8, 4) is 5.88 Å². The Morgan fingerprint density at radius 1 is 1.71 bits per heavy atom. The predicted molar refractivity (Wildman–Crippen MR) is 48.4 cm³/mol. The van der Waals surface area contributed by atoms with Crippen molar-refractivity contribution in [1.82, 2.24) is 9.55 Å². The molecule has 1 N–H and O–H groups in total. The lowest BCUT2D eigenvalue weighted by Crippen LogP contribution is -2.35. The molecule has 0 unspecified atom stereocenters. The summed E-state index contributed by atoms with van der Waals surface area (Å²) in [5, 5.41) is 9.04. The third kappa shape index (κ3) is 1.08. The van der Waals surface area contributed by atoms with Gasteiger partial charge in [-0.1, -0.05) is 0 Å². The van der Waals surface area contributed by atoms with E-state index in [1.807, 2.05) is 0 Å². The molecule has 5 nitrogen and oxygen atoms in total. The van der Waals surface area contributed by atoms with E-state index in [0.29, 0.717) is 12.5 Å². The minimum absolute atomic E-state index is 0.591. The van der Waals surface area contributed by atoms with Crippen LogP contribution < -0.4 is 4.74 Å². The normalized spacial score (nSPS) is 15.0. The maximum atomic E-state index is 11.0. The Morgan fingerprint density at radius 3 is 3.07 bits per heavy atom. The predicted octanol–water partition coefficient (Wildman–Crippen LogP) is 0.638. The minimum Gasteiger partial charge on any atom is -0.480 e. The summed E-state index contributed by atoms with van der Waals surface area (Å²) in [6.07, 6.45) is 2.29. The maximum absolute atomic E-state index is 11.0. The Bertz CT molecular complexity index is 381. The second kappa shape index (κ2) is 2.73. The van der Waals surface area contributed by atoms with Crippen molar-refractivity contribution in [1.29, 1.82) is 0 Å². The number of hydrogen-bond acceptors (Lipinski definition) is 3. The zero-order chi connectivity index (χ0) is 10.3. The highest BCUT2D eigenvalue weighted by molar-refractivity contribution is 5.76. The fourth-order valence-corrected chi connectivity index (χ4v) is 1.44. The summed E-state index contributed by atoms with van der Waals surface area (Å²) in [6, 6.07) is 0. The van der Waals surface area contributed by atoms with Crippen LogP contribution in [0.2, 0.25) is 0 Å². The SMILES string of the molecule is CC(C)(C(=O)O)n1cnc2c1OCC2. The number of aromatic nitrogens is 2. The molecule has 1 aliphatic heterocycles. The van der Waals surface area contributed by atoms with Crippen molar-refractivity contribution < 1.29 is 14.6 Å². The summed E-state index contributed by atoms with van der Waals surface area (Å²) in [4.78, 5) is 15.1. The van der Waals surface area contributed by atoms with E-state index in [2.05, 4.69) is 4.98 Å². The van der Waals surface area contributed by atoms with Crippen molar-refractivity contribution in [2.75, 3.05) is 6.61 Å². The Hall–Kier alpha value is -1.52. The standard InChI is InChI=1S/C9H12N2O3/c1-9(2,8(12)13)11-5-10-6-3-4-14-7(6)11/h5H,3-4H2,1-2H3,(H,12,13). The molecule has 0 aliphatic carbocycles. The first-order chi connectivity index (χ1) is 6.53. The first kappa shape index (κ1) is 9.05. The van der Waals surface area contributed by atoms with E-state index in [1.54, 1.807) is 18.4 Å². The number of nitrogens with zero attached hydrogens (tertiary/aromatic N) is 2. The number of carboxylic acid groups (broad SMARTS) is 1. The molecule has 0 saturated heterocycles. The van der Waals surface area contributed by atoms with Crippen LogP contribution in [0.4, 0.5) is 0 Å². The second-order valence-corrected chi connectivity index (χ2v) is 3.83. The summed E-state index contributed by atoms with van der Waals surface area (Å²) < 4.78 is 6.91. The van der Waals surface area contributed by atoms with Crippen molar-refractivity contribution in [2.45, 2.75) is 25.8 Å². The molecule has 2 rings (SSSR count). The summed E-state index contributed by atoms with van der Waals surface area (Å²) in [5.74, 6) is -0.300. The molecule has 76 valence electrons. The number of carboxylic acids is 1. The van der Waals surface area contributed by atoms with Crippen molar-refractivity contribution in [3.05, 3.63) is 12.0 Å². The molecule has 14 heavy (non-hydrogen) atoms. The molecule has 0 bridgehead atoms. The molecule has 0 amide bonds. The molecular weight excluding hydrogens is 184 g/mol. The third-order valence-electron chi connectivity index (χ3n) is 2.50. The number of imidazole rings is 1. The third-order valence-corrected chi connectivity index (χ3v) is 2.50. The second-order valence-electron chi connectivity index (χ2n) is 3.83. The molecular formula is C9H12N2O3. The molecule has 0 radical (unpaired) electrons. The molecule has 0 atom stereocenters. The van der Waals surface area contributed by atoms with Gasteiger partial charge in [0.2, 0.25) is 5.88 Å². The van der Waals surface area contributed by atoms with Gasteiger partial charge >= 0.3 is 5.97 Å². The summed E-state index contributed by atoms with van der Waals surface area (Å²) in [5.41, 5.74) is -0.162. The van der Waals surface area contributed by atoms with Crippen LogP contribution in [-0.2, 0) is 16.8 Å². The monoisotopic (exact) mass is 196 g/mol. The smallest absolute Gasteiger partial charge is 0.329 e. The van der Waals surface area contributed by atoms with E-state index >= 15 is 0 Å². The number of ether oxygens (including phenoxy) is 1. The first-order valence-corrected chi connectivity index (χ1v) is 4.46. The van der Waals surface area contributed by atoms with E-state index in [1.165, 1.54) is 6.33 Å². The molecule has 1 aromatic rings. The van der Waals surface area contributed by atoms with Crippen molar-refractivity contribution in [3.63, 3.8) is 0 Å². The molecule has 0 spiro atoms. The van der Waals surface area contributed by atoms with Crippen LogP contribution in [0.1, 0.15) is 19.5 Å². The van der Waals surface area contributed by atoms with Crippen LogP contribution in [0.5, 0.6) is 5.88 Å². The zero-order valence-corrected chi connectivity index (χ0v) is 8.15. The van der Waals surface area contributed by atoms with Crippen LogP contribution in [-0.4, -0.2) is 27.2 Å². The summed E-state index contributed by atoms with van der Waals surface area (Å²) in [6.45, 7) is 3.84. The van der Waals surface area contributed by atoms with Gasteiger partial charge in [0, 0.05) is 6.42 Å². The quantitative estimate of drug-likeness (QED) is 0.753. The Labute approximate surface area is 81.3 Å². The van der Waals surface area contributed by atoms with Crippen molar-refractivity contribution >= 4 is 5.97 Å². The van der Waals surface area contributed by atoms with E-state index in [4.69, 9.17) is 9.84 Å². The van der Waals surface area contributed by atoms with E-state index in [9.17, 15) is 4.79 Å². The van der Waals surface area contributed by atoms with Crippen LogP contribution in [0.25, 0.3) is 0 Å². The van der Waals surface area contributed by atoms with Gasteiger partial charge < -0.3 is 9.84 Å². The van der Waals surface area contributed by atoms with Gasteiger partial charge in [0.1, 0.15) is 11.2 Å². The molecule has 1 aromatic heterocycles. The molecule has 2 heterocycles. The topological polar surface area (TPSA) is 64.3 Å². The van der Waals surface area contributed by atoms with Crippen LogP contribution in [0.15, 0.2) is 6.33 Å². The first-order valence-electron chi connectivity index (χ1n) is 4.46. The fourth-order valence-electron chi connectivity index (χ4n) is 1.44. The highest BCUT2D eigenvalue weighted by Gasteiger charge is 2.34. The molecule has 1 aliphatic rings. The van der Waals surface area contributed by atoms with Gasteiger partial charge in [0.25, 0.3) is 0 Å². The Balaban J connectivity index is 2.47. The van der Waals surface area contributed by atoms with E-state index in [0.717, 1.165) is 12.1 Å². The number of fused-ring (bicyclic) bond motifs is 1. The van der Waals surface area contributed by atoms with Gasteiger partial charge in [-0.3, -0.25) is 4.57 Å². The van der Waals surface area contributed by atoms with Gasteiger partial charge in [-0.15, -0.1) is 0 Å². The number of aliphatic carboxylic acids is 1. The number of hydrogen-bond donors (Lipinski definition) is 1. The Kier molecular flexibility index (Phi) is 1.77. The summed E-state index contributed by atoms with van der Waals surface area (Å²) >= 11 is 0. The molecule has 5 heteroatoms. The number of rotatable bonds is 2. The summed E-state index contributed by atoms with van der Waals surface area (Å²) in [7, 11) is 0. The van der Waals surface area contributed by atoms with Gasteiger partial charge in [0.05, 0.1) is 12.9 Å². The van der Waals surface area contributed by atoms with Crippen LogP contribution >= 0.6 is 0 Å². The zero-order valence-electron chi connectivity index (χ0n) is 8.15. The minimum atomic E-state index is -1.01. The van der Waals surface area contributed by atoms with Crippen LogP contribution in [0.3, 0.4) is 0 Å². The van der Waals surface area contributed by atoms with Crippen LogP contribution in [0, 0.1) is 0 Å². The Morgan fingerprint density at radius 2 is 2.43 bits per heavy atom. The highest BCUT2D eigenvalue weighted by Crippen LogP contribution is 2.30. The highest BCUT2D eigenvalue weighted by atomic mass is 16.5. The lowest BCUT2D eigenvalue weighted by molar-refractivity contribution is -0.145.